The Bertz CT molecular complexity index is 444. The summed E-state index contributed by atoms with van der Waals surface area (Å²) in [5, 5.41) is 16.5. The number of hydrogen-bond acceptors (Lipinski definition) is 7. The standard InChI is InChI=1S/C13H24N6O/c1-14-10-16-11(18-12(17-10)19(2)3)15-9-13(20)7-5-4-6-8-13/h20H,4-9H2,1-3H3,(H2,14,15,16,17,18). The van der Waals surface area contributed by atoms with Gasteiger partial charge in [-0.15, -0.1) is 0 Å². The van der Waals surface area contributed by atoms with Gasteiger partial charge in [-0.25, -0.2) is 0 Å². The van der Waals surface area contributed by atoms with Crippen molar-refractivity contribution in [2.45, 2.75) is 37.7 Å². The molecule has 0 radical (unpaired) electrons. The first kappa shape index (κ1) is 14.8. The fourth-order valence-corrected chi connectivity index (χ4v) is 2.39. The molecular weight excluding hydrogens is 256 g/mol. The van der Waals surface area contributed by atoms with Gasteiger partial charge < -0.3 is 20.6 Å². The first-order chi connectivity index (χ1) is 9.52. The summed E-state index contributed by atoms with van der Waals surface area (Å²) < 4.78 is 0. The van der Waals surface area contributed by atoms with Gasteiger partial charge in [0.05, 0.1) is 5.60 Å². The highest BCUT2D eigenvalue weighted by atomic mass is 16.3. The van der Waals surface area contributed by atoms with E-state index in [4.69, 9.17) is 0 Å². The van der Waals surface area contributed by atoms with Gasteiger partial charge in [0, 0.05) is 27.7 Å². The molecule has 1 heterocycles. The van der Waals surface area contributed by atoms with Crippen LogP contribution in [0.2, 0.25) is 0 Å². The van der Waals surface area contributed by atoms with Crippen LogP contribution in [0.15, 0.2) is 0 Å². The Morgan fingerprint density at radius 2 is 1.75 bits per heavy atom. The minimum atomic E-state index is -0.636. The van der Waals surface area contributed by atoms with E-state index in [9.17, 15) is 5.11 Å². The summed E-state index contributed by atoms with van der Waals surface area (Å²) in [6.45, 7) is 0.479. The van der Waals surface area contributed by atoms with Crippen molar-refractivity contribution in [3.63, 3.8) is 0 Å². The molecule has 0 spiro atoms. The summed E-state index contributed by atoms with van der Waals surface area (Å²) in [7, 11) is 5.54. The van der Waals surface area contributed by atoms with E-state index in [1.807, 2.05) is 19.0 Å². The van der Waals surface area contributed by atoms with Crippen LogP contribution in [-0.4, -0.2) is 53.3 Å². The van der Waals surface area contributed by atoms with Gasteiger partial charge in [0.2, 0.25) is 17.8 Å². The maximum atomic E-state index is 10.5. The summed E-state index contributed by atoms with van der Waals surface area (Å²) in [6, 6.07) is 0. The molecule has 0 unspecified atom stereocenters. The summed E-state index contributed by atoms with van der Waals surface area (Å²) >= 11 is 0. The van der Waals surface area contributed by atoms with E-state index in [1.165, 1.54) is 6.42 Å². The highest BCUT2D eigenvalue weighted by Crippen LogP contribution is 2.28. The number of nitrogens with zero attached hydrogens (tertiary/aromatic N) is 4. The Labute approximate surface area is 119 Å². The monoisotopic (exact) mass is 280 g/mol. The third-order valence-corrected chi connectivity index (χ3v) is 3.61. The zero-order valence-corrected chi connectivity index (χ0v) is 12.5. The minimum absolute atomic E-state index is 0.479. The van der Waals surface area contributed by atoms with Crippen LogP contribution in [0.4, 0.5) is 17.8 Å². The Morgan fingerprint density at radius 1 is 1.10 bits per heavy atom. The van der Waals surface area contributed by atoms with E-state index in [1.54, 1.807) is 7.05 Å². The van der Waals surface area contributed by atoms with Crippen molar-refractivity contribution in [1.29, 1.82) is 0 Å². The molecule has 0 amide bonds. The molecule has 1 aliphatic carbocycles. The van der Waals surface area contributed by atoms with Crippen LogP contribution in [0.5, 0.6) is 0 Å². The molecular formula is C13H24N6O. The lowest BCUT2D eigenvalue weighted by Gasteiger charge is -2.32. The molecule has 7 heteroatoms. The lowest BCUT2D eigenvalue weighted by atomic mass is 9.85. The smallest absolute Gasteiger partial charge is 0.231 e. The number of aliphatic hydroxyl groups is 1. The van der Waals surface area contributed by atoms with Crippen LogP contribution in [0.1, 0.15) is 32.1 Å². The SMILES string of the molecule is CNc1nc(NCC2(O)CCCCC2)nc(N(C)C)n1. The van der Waals surface area contributed by atoms with Gasteiger partial charge in [0.15, 0.2) is 0 Å². The molecule has 1 saturated carbocycles. The van der Waals surface area contributed by atoms with Crippen LogP contribution in [0.3, 0.4) is 0 Å². The maximum Gasteiger partial charge on any atom is 0.231 e. The topological polar surface area (TPSA) is 86.2 Å². The molecule has 3 N–H and O–H groups in total. The van der Waals surface area contributed by atoms with Crippen molar-refractivity contribution in [3.8, 4) is 0 Å². The van der Waals surface area contributed by atoms with E-state index in [2.05, 4.69) is 25.6 Å². The highest BCUT2D eigenvalue weighted by molar-refractivity contribution is 5.42. The lowest BCUT2D eigenvalue weighted by Crippen LogP contribution is -2.39. The van der Waals surface area contributed by atoms with E-state index in [-0.39, 0.29) is 0 Å². The van der Waals surface area contributed by atoms with Crippen molar-refractivity contribution < 1.29 is 5.11 Å². The second-order valence-corrected chi connectivity index (χ2v) is 5.57. The molecule has 112 valence electrons. The molecule has 0 saturated heterocycles. The molecule has 0 aliphatic heterocycles. The quantitative estimate of drug-likeness (QED) is 0.744. The second kappa shape index (κ2) is 6.21. The molecule has 1 aromatic heterocycles. The van der Waals surface area contributed by atoms with Crippen LogP contribution >= 0.6 is 0 Å². The molecule has 0 atom stereocenters. The fraction of sp³-hybridized carbons (Fsp3) is 0.769. The first-order valence-electron chi connectivity index (χ1n) is 7.10. The molecule has 7 nitrogen and oxygen atoms in total. The predicted molar refractivity (Wildman–Crippen MR) is 80.2 cm³/mol. The number of hydrogen-bond donors (Lipinski definition) is 3. The molecule has 0 aromatic carbocycles. The molecule has 0 bridgehead atoms. The highest BCUT2D eigenvalue weighted by Gasteiger charge is 2.29. The van der Waals surface area contributed by atoms with Gasteiger partial charge in [-0.05, 0) is 12.8 Å². The van der Waals surface area contributed by atoms with E-state index >= 15 is 0 Å². The third-order valence-electron chi connectivity index (χ3n) is 3.61. The Morgan fingerprint density at radius 3 is 2.35 bits per heavy atom. The van der Waals surface area contributed by atoms with Crippen molar-refractivity contribution in [2.24, 2.45) is 0 Å². The number of aromatic nitrogens is 3. The number of anilines is 3. The van der Waals surface area contributed by atoms with Gasteiger partial charge in [0.25, 0.3) is 0 Å². The molecule has 2 rings (SSSR count). The van der Waals surface area contributed by atoms with Crippen molar-refractivity contribution in [3.05, 3.63) is 0 Å². The minimum Gasteiger partial charge on any atom is -0.388 e. The summed E-state index contributed by atoms with van der Waals surface area (Å²) in [5.41, 5.74) is -0.636. The van der Waals surface area contributed by atoms with Crippen molar-refractivity contribution >= 4 is 17.8 Å². The zero-order chi connectivity index (χ0) is 14.6. The molecule has 20 heavy (non-hydrogen) atoms. The first-order valence-corrected chi connectivity index (χ1v) is 7.10. The third kappa shape index (κ3) is 3.69. The largest absolute Gasteiger partial charge is 0.388 e. The summed E-state index contributed by atoms with van der Waals surface area (Å²) in [4.78, 5) is 14.7. The maximum absolute atomic E-state index is 10.5. The van der Waals surface area contributed by atoms with Gasteiger partial charge in [0.1, 0.15) is 0 Å². The predicted octanol–water partition coefficient (Wildman–Crippen LogP) is 1.09. The summed E-state index contributed by atoms with van der Waals surface area (Å²) in [6.07, 6.45) is 5.05. The number of nitrogens with one attached hydrogen (secondary N) is 2. The van der Waals surface area contributed by atoms with Crippen LogP contribution in [0, 0.1) is 0 Å². The van der Waals surface area contributed by atoms with E-state index in [0.717, 1.165) is 25.7 Å². The van der Waals surface area contributed by atoms with E-state index in [0.29, 0.717) is 24.4 Å². The Hall–Kier alpha value is -1.63. The van der Waals surface area contributed by atoms with Gasteiger partial charge >= 0.3 is 0 Å². The van der Waals surface area contributed by atoms with Crippen LogP contribution in [-0.2, 0) is 0 Å². The molecule has 1 aromatic rings. The normalized spacial score (nSPS) is 17.6. The molecule has 1 aliphatic rings. The van der Waals surface area contributed by atoms with E-state index < -0.39 is 5.60 Å². The Kier molecular flexibility index (Phi) is 4.59. The Balaban J connectivity index is 2.06. The van der Waals surface area contributed by atoms with Crippen LogP contribution < -0.4 is 15.5 Å². The van der Waals surface area contributed by atoms with Crippen molar-refractivity contribution in [1.82, 2.24) is 15.0 Å². The zero-order valence-electron chi connectivity index (χ0n) is 12.5. The van der Waals surface area contributed by atoms with Gasteiger partial charge in [-0.3, -0.25) is 0 Å². The summed E-state index contributed by atoms with van der Waals surface area (Å²) in [5.74, 6) is 1.59. The average molecular weight is 280 g/mol. The van der Waals surface area contributed by atoms with Crippen molar-refractivity contribution in [2.75, 3.05) is 43.2 Å². The van der Waals surface area contributed by atoms with Crippen LogP contribution in [0.25, 0.3) is 0 Å². The number of rotatable bonds is 5. The fourth-order valence-electron chi connectivity index (χ4n) is 2.39. The van der Waals surface area contributed by atoms with Gasteiger partial charge in [-0.1, -0.05) is 19.3 Å². The van der Waals surface area contributed by atoms with Gasteiger partial charge in [-0.2, -0.15) is 15.0 Å². The second-order valence-electron chi connectivity index (χ2n) is 5.57. The molecule has 1 fully saturated rings. The average Bonchev–Trinajstić information content (AvgIpc) is 2.45. The lowest BCUT2D eigenvalue weighted by molar-refractivity contribution is 0.0166.